The summed E-state index contributed by atoms with van der Waals surface area (Å²) in [7, 11) is 1.90. The van der Waals surface area contributed by atoms with Crippen molar-refractivity contribution in [3.63, 3.8) is 0 Å². The molecule has 1 rings (SSSR count). The summed E-state index contributed by atoms with van der Waals surface area (Å²) >= 11 is 1.82. The van der Waals surface area contributed by atoms with Crippen LogP contribution < -0.4 is 10.6 Å². The molecule has 0 fully saturated rings. The second-order valence-corrected chi connectivity index (χ2v) is 5.73. The lowest BCUT2D eigenvalue weighted by atomic mass is 10.2. The van der Waals surface area contributed by atoms with Crippen LogP contribution in [0.2, 0.25) is 0 Å². The van der Waals surface area contributed by atoms with Gasteiger partial charge < -0.3 is 10.6 Å². The van der Waals surface area contributed by atoms with Crippen molar-refractivity contribution in [1.82, 2.24) is 10.6 Å². The lowest BCUT2D eigenvalue weighted by Crippen LogP contribution is -2.37. The third kappa shape index (κ3) is 5.84. The molecule has 1 aromatic rings. The fraction of sp³-hybridized carbons (Fsp3) is 0.615. The minimum absolute atomic E-state index is 0.153. The molecule has 0 aromatic carbocycles. The van der Waals surface area contributed by atoms with Crippen LogP contribution in [0.1, 0.15) is 29.5 Å². The zero-order chi connectivity index (χ0) is 12.7. The minimum atomic E-state index is 0.153. The van der Waals surface area contributed by atoms with Gasteiger partial charge in [-0.2, -0.15) is 0 Å². The van der Waals surface area contributed by atoms with Gasteiger partial charge in [-0.3, -0.25) is 4.79 Å². The zero-order valence-electron chi connectivity index (χ0n) is 10.9. The molecule has 0 aliphatic heterocycles. The number of hydrogen-bond donors (Lipinski definition) is 2. The van der Waals surface area contributed by atoms with Crippen LogP contribution in [-0.2, 0) is 11.2 Å². The molecule has 1 amide bonds. The van der Waals surface area contributed by atoms with Crippen LogP contribution in [0, 0.1) is 6.92 Å². The van der Waals surface area contributed by atoms with E-state index in [1.54, 1.807) is 0 Å². The average Bonchev–Trinajstić information content (AvgIpc) is 2.72. The van der Waals surface area contributed by atoms with Gasteiger partial charge in [0, 0.05) is 28.8 Å². The van der Waals surface area contributed by atoms with E-state index in [0.29, 0.717) is 19.0 Å². The maximum Gasteiger partial charge on any atom is 0.220 e. The molecule has 0 aliphatic rings. The van der Waals surface area contributed by atoms with E-state index in [0.717, 1.165) is 12.8 Å². The normalized spacial score (nSPS) is 12.4. The molecule has 0 bridgehead atoms. The van der Waals surface area contributed by atoms with E-state index in [4.69, 9.17) is 0 Å². The van der Waals surface area contributed by atoms with Crippen LogP contribution in [-0.4, -0.2) is 25.5 Å². The molecule has 0 spiro atoms. The predicted molar refractivity (Wildman–Crippen MR) is 73.5 cm³/mol. The number of rotatable bonds is 7. The van der Waals surface area contributed by atoms with Gasteiger partial charge in [-0.1, -0.05) is 0 Å². The minimum Gasteiger partial charge on any atom is -0.355 e. The third-order valence-corrected chi connectivity index (χ3v) is 3.78. The number of carbonyl (C=O) groups excluding carboxylic acids is 1. The average molecular weight is 254 g/mol. The number of hydrogen-bond acceptors (Lipinski definition) is 3. The van der Waals surface area contributed by atoms with Crippen LogP contribution in [0.4, 0.5) is 0 Å². The molecule has 3 nitrogen and oxygen atoms in total. The van der Waals surface area contributed by atoms with Gasteiger partial charge in [0.1, 0.15) is 0 Å². The molecule has 0 saturated heterocycles. The van der Waals surface area contributed by atoms with E-state index in [1.807, 2.05) is 18.4 Å². The first kappa shape index (κ1) is 14.2. The quantitative estimate of drug-likeness (QED) is 0.782. The van der Waals surface area contributed by atoms with Crippen molar-refractivity contribution in [3.05, 3.63) is 21.9 Å². The molecule has 2 N–H and O–H groups in total. The monoisotopic (exact) mass is 254 g/mol. The largest absolute Gasteiger partial charge is 0.355 e. The molecule has 1 aromatic heterocycles. The Labute approximate surface area is 108 Å². The first-order chi connectivity index (χ1) is 8.11. The Bertz CT molecular complexity index is 349. The number of thiophene rings is 1. The van der Waals surface area contributed by atoms with Gasteiger partial charge in [0.15, 0.2) is 0 Å². The molecule has 0 radical (unpaired) electrons. The van der Waals surface area contributed by atoms with Crippen molar-refractivity contribution >= 4 is 17.2 Å². The van der Waals surface area contributed by atoms with E-state index in [2.05, 4.69) is 36.6 Å². The molecule has 17 heavy (non-hydrogen) atoms. The third-order valence-electron chi connectivity index (χ3n) is 2.72. The summed E-state index contributed by atoms with van der Waals surface area (Å²) in [5.41, 5.74) is 0. The Hall–Kier alpha value is -0.870. The molecule has 1 unspecified atom stereocenters. The molecule has 4 heteroatoms. The molecule has 0 aliphatic carbocycles. The lowest BCUT2D eigenvalue weighted by molar-refractivity contribution is -0.121. The fourth-order valence-electron chi connectivity index (χ4n) is 1.50. The Morgan fingerprint density at radius 3 is 2.82 bits per heavy atom. The number of aryl methyl sites for hydroxylation is 2. The SMILES string of the molecule is CNC(C)CNC(=O)CCCc1ccc(C)s1. The molecule has 0 saturated carbocycles. The summed E-state index contributed by atoms with van der Waals surface area (Å²) in [5.74, 6) is 0.153. The Kier molecular flexibility index (Phi) is 6.22. The number of carbonyl (C=O) groups is 1. The highest BCUT2D eigenvalue weighted by molar-refractivity contribution is 7.11. The summed E-state index contributed by atoms with van der Waals surface area (Å²) in [6.45, 7) is 4.86. The molecular weight excluding hydrogens is 232 g/mol. The Balaban J connectivity index is 2.12. The highest BCUT2D eigenvalue weighted by Crippen LogP contribution is 2.17. The first-order valence-electron chi connectivity index (χ1n) is 6.11. The topological polar surface area (TPSA) is 41.1 Å². The lowest BCUT2D eigenvalue weighted by Gasteiger charge is -2.11. The first-order valence-corrected chi connectivity index (χ1v) is 6.92. The molecular formula is C13H22N2OS. The second-order valence-electron chi connectivity index (χ2n) is 4.36. The van der Waals surface area contributed by atoms with Crippen LogP contribution in [0.15, 0.2) is 12.1 Å². The van der Waals surface area contributed by atoms with Crippen molar-refractivity contribution < 1.29 is 4.79 Å². The highest BCUT2D eigenvalue weighted by Gasteiger charge is 2.04. The van der Waals surface area contributed by atoms with E-state index in [-0.39, 0.29) is 5.91 Å². The van der Waals surface area contributed by atoms with Gasteiger partial charge in [0.05, 0.1) is 0 Å². The van der Waals surface area contributed by atoms with E-state index < -0.39 is 0 Å². The van der Waals surface area contributed by atoms with Gasteiger partial charge in [-0.05, 0) is 45.9 Å². The smallest absolute Gasteiger partial charge is 0.220 e. The summed E-state index contributed by atoms with van der Waals surface area (Å²) in [4.78, 5) is 14.2. The zero-order valence-corrected chi connectivity index (χ0v) is 11.7. The van der Waals surface area contributed by atoms with Gasteiger partial charge in [-0.25, -0.2) is 0 Å². The Morgan fingerprint density at radius 2 is 2.24 bits per heavy atom. The van der Waals surface area contributed by atoms with Crippen molar-refractivity contribution in [2.24, 2.45) is 0 Å². The van der Waals surface area contributed by atoms with Crippen LogP contribution in [0.3, 0.4) is 0 Å². The van der Waals surface area contributed by atoms with Gasteiger partial charge in [-0.15, -0.1) is 11.3 Å². The van der Waals surface area contributed by atoms with Crippen molar-refractivity contribution in [3.8, 4) is 0 Å². The fourth-order valence-corrected chi connectivity index (χ4v) is 2.43. The maximum absolute atomic E-state index is 11.5. The van der Waals surface area contributed by atoms with Crippen LogP contribution >= 0.6 is 11.3 Å². The molecule has 96 valence electrons. The van der Waals surface area contributed by atoms with Crippen molar-refractivity contribution in [2.75, 3.05) is 13.6 Å². The standard InChI is InChI=1S/C13H22N2OS/c1-10(14-3)9-15-13(16)6-4-5-12-8-7-11(2)17-12/h7-8,10,14H,4-6,9H2,1-3H3,(H,15,16). The maximum atomic E-state index is 11.5. The summed E-state index contributed by atoms with van der Waals surface area (Å²) in [6.07, 6.45) is 2.56. The van der Waals surface area contributed by atoms with E-state index in [9.17, 15) is 4.79 Å². The predicted octanol–water partition coefficient (Wildman–Crippen LogP) is 2.10. The molecule has 1 heterocycles. The summed E-state index contributed by atoms with van der Waals surface area (Å²) in [5, 5.41) is 6.02. The van der Waals surface area contributed by atoms with Gasteiger partial charge in [0.2, 0.25) is 5.91 Å². The van der Waals surface area contributed by atoms with Gasteiger partial charge in [0.25, 0.3) is 0 Å². The summed E-state index contributed by atoms with van der Waals surface area (Å²) < 4.78 is 0. The highest BCUT2D eigenvalue weighted by atomic mass is 32.1. The Morgan fingerprint density at radius 1 is 1.47 bits per heavy atom. The van der Waals surface area contributed by atoms with Crippen molar-refractivity contribution in [2.45, 2.75) is 39.2 Å². The number of likely N-dealkylation sites (N-methyl/N-ethyl adjacent to an activating group) is 1. The van der Waals surface area contributed by atoms with Crippen molar-refractivity contribution in [1.29, 1.82) is 0 Å². The number of nitrogens with one attached hydrogen (secondary N) is 2. The van der Waals surface area contributed by atoms with E-state index in [1.165, 1.54) is 9.75 Å². The summed E-state index contributed by atoms with van der Waals surface area (Å²) in [6, 6.07) is 4.62. The van der Waals surface area contributed by atoms with E-state index >= 15 is 0 Å². The van der Waals surface area contributed by atoms with Crippen LogP contribution in [0.25, 0.3) is 0 Å². The molecule has 1 atom stereocenters. The van der Waals surface area contributed by atoms with Crippen LogP contribution in [0.5, 0.6) is 0 Å². The second kappa shape index (κ2) is 7.45. The number of amides is 1. The van der Waals surface area contributed by atoms with Gasteiger partial charge >= 0.3 is 0 Å².